The highest BCUT2D eigenvalue weighted by Gasteiger charge is 2.09. The maximum Gasteiger partial charge on any atom is 0.136 e. The first kappa shape index (κ1) is 9.98. The van der Waals surface area contributed by atoms with Crippen LogP contribution in [0.15, 0.2) is 25.0 Å². The van der Waals surface area contributed by atoms with E-state index < -0.39 is 0 Å². The Hall–Kier alpha value is -1.55. The van der Waals surface area contributed by atoms with Crippen molar-refractivity contribution in [3.05, 3.63) is 35.8 Å². The van der Waals surface area contributed by atoms with Gasteiger partial charge in [0.15, 0.2) is 0 Å². The van der Waals surface area contributed by atoms with Gasteiger partial charge >= 0.3 is 0 Å². The summed E-state index contributed by atoms with van der Waals surface area (Å²) in [5.41, 5.74) is 2.59. The van der Waals surface area contributed by atoms with Crippen molar-refractivity contribution in [3.8, 4) is 11.3 Å². The molecule has 4 nitrogen and oxygen atoms in total. The second-order valence-electron chi connectivity index (χ2n) is 2.97. The topological polar surface area (TPSA) is 51.6 Å². The van der Waals surface area contributed by atoms with Crippen LogP contribution in [0.3, 0.4) is 0 Å². The first-order valence-electron chi connectivity index (χ1n) is 4.57. The summed E-state index contributed by atoms with van der Waals surface area (Å²) in [6.07, 6.45) is 7.14. The van der Waals surface area contributed by atoms with Gasteiger partial charge in [-0.15, -0.1) is 0 Å². The predicted molar refractivity (Wildman–Crippen MR) is 57.4 cm³/mol. The van der Waals surface area contributed by atoms with Gasteiger partial charge in [-0.2, -0.15) is 0 Å². The summed E-state index contributed by atoms with van der Waals surface area (Å²) in [6.45, 7) is 2.01. The van der Waals surface area contributed by atoms with Crippen LogP contribution in [-0.2, 0) is 6.42 Å². The van der Waals surface area contributed by atoms with E-state index in [9.17, 15) is 0 Å². The van der Waals surface area contributed by atoms with E-state index in [4.69, 9.17) is 11.6 Å². The largest absolute Gasteiger partial charge is 0.244 e. The van der Waals surface area contributed by atoms with Gasteiger partial charge < -0.3 is 0 Å². The fraction of sp³-hybridized carbons (Fsp3) is 0.200. The van der Waals surface area contributed by atoms with Gasteiger partial charge in [-0.1, -0.05) is 18.5 Å². The van der Waals surface area contributed by atoms with Gasteiger partial charge in [0.25, 0.3) is 0 Å². The van der Waals surface area contributed by atoms with Crippen LogP contribution in [0.5, 0.6) is 0 Å². The van der Waals surface area contributed by atoms with Gasteiger partial charge in [-0.05, 0) is 6.42 Å². The minimum absolute atomic E-state index is 0.492. The predicted octanol–water partition coefficient (Wildman–Crippen LogP) is 2.15. The molecule has 0 saturated carbocycles. The van der Waals surface area contributed by atoms with Crippen LogP contribution in [0.2, 0.25) is 5.15 Å². The van der Waals surface area contributed by atoms with Crippen LogP contribution < -0.4 is 0 Å². The Balaban J connectivity index is 2.58. The first-order valence-corrected chi connectivity index (χ1v) is 4.95. The molecule has 2 heterocycles. The van der Waals surface area contributed by atoms with Crippen molar-refractivity contribution in [2.75, 3.05) is 0 Å². The van der Waals surface area contributed by atoms with E-state index >= 15 is 0 Å². The highest BCUT2D eigenvalue weighted by Crippen LogP contribution is 2.24. The maximum absolute atomic E-state index is 5.99. The molecule has 0 aliphatic rings. The van der Waals surface area contributed by atoms with Crippen LogP contribution >= 0.6 is 11.6 Å². The first-order chi connectivity index (χ1) is 7.33. The molecule has 2 rings (SSSR count). The van der Waals surface area contributed by atoms with E-state index in [1.165, 1.54) is 12.7 Å². The number of hydrogen-bond acceptors (Lipinski definition) is 4. The zero-order valence-electron chi connectivity index (χ0n) is 8.18. The number of aromatic nitrogens is 4. The Morgan fingerprint density at radius 2 is 1.87 bits per heavy atom. The minimum Gasteiger partial charge on any atom is -0.244 e. The number of rotatable bonds is 2. The van der Waals surface area contributed by atoms with E-state index in [1.54, 1.807) is 12.4 Å². The Morgan fingerprint density at radius 3 is 2.53 bits per heavy atom. The lowest BCUT2D eigenvalue weighted by atomic mass is 10.1. The van der Waals surface area contributed by atoms with E-state index in [-0.39, 0.29) is 0 Å². The molecule has 0 aromatic carbocycles. The van der Waals surface area contributed by atoms with Crippen molar-refractivity contribution in [3.63, 3.8) is 0 Å². The van der Waals surface area contributed by atoms with Crippen LogP contribution in [0.25, 0.3) is 11.3 Å². The van der Waals surface area contributed by atoms with Gasteiger partial charge in [0.05, 0.1) is 5.69 Å². The van der Waals surface area contributed by atoms with Crippen molar-refractivity contribution in [1.29, 1.82) is 0 Å². The standard InChI is InChI=1S/C10H9ClN4/c1-2-8-9(14-6-15-10(8)11)7-3-12-5-13-4-7/h3-6H,2H2,1H3. The van der Waals surface area contributed by atoms with Crippen molar-refractivity contribution >= 4 is 11.6 Å². The van der Waals surface area contributed by atoms with Crippen molar-refractivity contribution in [1.82, 2.24) is 19.9 Å². The smallest absolute Gasteiger partial charge is 0.136 e. The minimum atomic E-state index is 0.492. The van der Waals surface area contributed by atoms with Crippen molar-refractivity contribution in [2.45, 2.75) is 13.3 Å². The fourth-order valence-corrected chi connectivity index (χ4v) is 1.64. The average Bonchev–Trinajstić information content (AvgIpc) is 2.30. The highest BCUT2D eigenvalue weighted by molar-refractivity contribution is 6.30. The van der Waals surface area contributed by atoms with E-state index in [2.05, 4.69) is 19.9 Å². The molecule has 2 aromatic rings. The molecule has 0 aliphatic carbocycles. The zero-order chi connectivity index (χ0) is 10.7. The molecule has 0 amide bonds. The number of hydrogen-bond donors (Lipinski definition) is 0. The van der Waals surface area contributed by atoms with Crippen LogP contribution in [0.4, 0.5) is 0 Å². The van der Waals surface area contributed by atoms with Crippen molar-refractivity contribution < 1.29 is 0 Å². The molecule has 0 radical (unpaired) electrons. The molecule has 15 heavy (non-hydrogen) atoms. The molecule has 5 heteroatoms. The van der Waals surface area contributed by atoms with E-state index in [0.29, 0.717) is 5.15 Å². The summed E-state index contributed by atoms with van der Waals surface area (Å²) in [6, 6.07) is 0. The third-order valence-corrected chi connectivity index (χ3v) is 2.41. The molecule has 0 bridgehead atoms. The monoisotopic (exact) mass is 220 g/mol. The number of nitrogens with zero attached hydrogens (tertiary/aromatic N) is 4. The van der Waals surface area contributed by atoms with Gasteiger partial charge in [0.2, 0.25) is 0 Å². The van der Waals surface area contributed by atoms with E-state index in [0.717, 1.165) is 23.2 Å². The quantitative estimate of drug-likeness (QED) is 0.728. The normalized spacial score (nSPS) is 10.3. The van der Waals surface area contributed by atoms with Gasteiger partial charge in [-0.25, -0.2) is 19.9 Å². The second-order valence-corrected chi connectivity index (χ2v) is 3.33. The molecule has 0 aliphatic heterocycles. The highest BCUT2D eigenvalue weighted by atomic mass is 35.5. The Bertz CT molecular complexity index is 458. The lowest BCUT2D eigenvalue weighted by Crippen LogP contribution is -1.96. The molecule has 0 saturated heterocycles. The lowest BCUT2D eigenvalue weighted by Gasteiger charge is -2.06. The Labute approximate surface area is 92.4 Å². The lowest BCUT2D eigenvalue weighted by molar-refractivity contribution is 1.04. The summed E-state index contributed by atoms with van der Waals surface area (Å²) in [7, 11) is 0. The molecular formula is C10H9ClN4. The summed E-state index contributed by atoms with van der Waals surface area (Å²) in [5.74, 6) is 0. The molecule has 0 fully saturated rings. The van der Waals surface area contributed by atoms with Crippen LogP contribution in [0.1, 0.15) is 12.5 Å². The molecule has 0 N–H and O–H groups in total. The summed E-state index contributed by atoms with van der Waals surface area (Å²) in [4.78, 5) is 16.1. The Morgan fingerprint density at radius 1 is 1.13 bits per heavy atom. The molecule has 0 spiro atoms. The molecule has 2 aromatic heterocycles. The number of halogens is 1. The third-order valence-electron chi connectivity index (χ3n) is 2.08. The summed E-state index contributed by atoms with van der Waals surface area (Å²) >= 11 is 5.99. The van der Waals surface area contributed by atoms with Crippen LogP contribution in [0, 0.1) is 0 Å². The molecule has 0 atom stereocenters. The maximum atomic E-state index is 5.99. The van der Waals surface area contributed by atoms with E-state index in [1.807, 2.05) is 6.92 Å². The summed E-state index contributed by atoms with van der Waals surface area (Å²) in [5, 5.41) is 0.492. The molecule has 76 valence electrons. The SMILES string of the molecule is CCc1c(Cl)ncnc1-c1cncnc1. The van der Waals surface area contributed by atoms with Gasteiger partial charge in [-0.3, -0.25) is 0 Å². The van der Waals surface area contributed by atoms with Crippen LogP contribution in [-0.4, -0.2) is 19.9 Å². The van der Waals surface area contributed by atoms with Crippen molar-refractivity contribution in [2.24, 2.45) is 0 Å². The van der Waals surface area contributed by atoms with Gasteiger partial charge in [0.1, 0.15) is 17.8 Å². The zero-order valence-corrected chi connectivity index (χ0v) is 8.94. The van der Waals surface area contributed by atoms with Gasteiger partial charge in [0, 0.05) is 23.5 Å². The summed E-state index contributed by atoms with van der Waals surface area (Å²) < 4.78 is 0. The molecule has 0 unspecified atom stereocenters. The second kappa shape index (κ2) is 4.31. The molecular weight excluding hydrogens is 212 g/mol. The average molecular weight is 221 g/mol. The third kappa shape index (κ3) is 1.94. The fourth-order valence-electron chi connectivity index (χ4n) is 1.37. The Kier molecular flexibility index (Phi) is 2.87.